The highest BCUT2D eigenvalue weighted by molar-refractivity contribution is 6.01. The lowest BCUT2D eigenvalue weighted by atomic mass is 9.78. The molecule has 3 rings (SSSR count). The number of carbonyl (C=O) groups is 2. The Bertz CT molecular complexity index is 818. The fraction of sp³-hybridized carbons (Fsp3) is 0.429. The molecule has 3 atom stereocenters. The Balaban J connectivity index is 1.60. The van der Waals surface area contributed by atoms with Crippen molar-refractivity contribution in [2.24, 2.45) is 11.8 Å². The summed E-state index contributed by atoms with van der Waals surface area (Å²) < 4.78 is 5.19. The summed E-state index contributed by atoms with van der Waals surface area (Å²) in [4.78, 5) is 24.5. The molecule has 5 nitrogen and oxygen atoms in total. The number of anilines is 1. The lowest BCUT2D eigenvalue weighted by molar-refractivity contribution is -0.125. The van der Waals surface area contributed by atoms with Gasteiger partial charge in [-0.25, -0.2) is 4.79 Å². The number of rotatable bonds is 4. The normalized spacial score (nSPS) is 22.8. The largest absolute Gasteiger partial charge is 0.452 e. The second-order valence-electron chi connectivity index (χ2n) is 7.30. The highest BCUT2D eigenvalue weighted by atomic mass is 16.5. The highest BCUT2D eigenvalue weighted by Crippen LogP contribution is 2.29. The van der Waals surface area contributed by atoms with Gasteiger partial charge in [-0.2, -0.15) is 0 Å². The van der Waals surface area contributed by atoms with Gasteiger partial charge in [0.2, 0.25) is 0 Å². The summed E-state index contributed by atoms with van der Waals surface area (Å²) in [5.41, 5.74) is 6.61. The van der Waals surface area contributed by atoms with E-state index in [4.69, 9.17) is 10.5 Å². The molecule has 0 aromatic heterocycles. The molecule has 2 aromatic carbocycles. The summed E-state index contributed by atoms with van der Waals surface area (Å²) in [6.07, 6.45) is 3.29. The quantitative estimate of drug-likeness (QED) is 0.650. The van der Waals surface area contributed by atoms with Gasteiger partial charge in [-0.05, 0) is 41.2 Å². The summed E-state index contributed by atoms with van der Waals surface area (Å²) >= 11 is 0. The van der Waals surface area contributed by atoms with Crippen molar-refractivity contribution in [1.82, 2.24) is 5.32 Å². The van der Waals surface area contributed by atoms with Gasteiger partial charge in [0, 0.05) is 11.7 Å². The highest BCUT2D eigenvalue weighted by Gasteiger charge is 2.28. The van der Waals surface area contributed by atoms with Gasteiger partial charge in [0.05, 0.1) is 5.56 Å². The third kappa shape index (κ3) is 3.98. The van der Waals surface area contributed by atoms with E-state index in [2.05, 4.69) is 19.2 Å². The molecule has 3 unspecified atom stereocenters. The first kappa shape index (κ1) is 18.2. The van der Waals surface area contributed by atoms with E-state index in [1.165, 1.54) is 6.42 Å². The van der Waals surface area contributed by atoms with E-state index in [-0.39, 0.29) is 24.1 Å². The molecule has 0 radical (unpaired) electrons. The molecule has 1 aliphatic rings. The van der Waals surface area contributed by atoms with Crippen LogP contribution in [0.4, 0.5) is 5.69 Å². The number of nitrogen functional groups attached to an aromatic ring is 1. The molecule has 0 spiro atoms. The topological polar surface area (TPSA) is 81.4 Å². The van der Waals surface area contributed by atoms with Crippen molar-refractivity contribution in [2.75, 3.05) is 12.3 Å². The number of hydrogen-bond acceptors (Lipinski definition) is 4. The molecule has 26 heavy (non-hydrogen) atoms. The Morgan fingerprint density at radius 3 is 2.58 bits per heavy atom. The zero-order valence-corrected chi connectivity index (χ0v) is 15.3. The molecule has 1 saturated carbocycles. The van der Waals surface area contributed by atoms with Crippen molar-refractivity contribution in [2.45, 2.75) is 39.2 Å². The minimum absolute atomic E-state index is 0.149. The van der Waals surface area contributed by atoms with E-state index in [0.717, 1.165) is 23.6 Å². The van der Waals surface area contributed by atoms with Crippen molar-refractivity contribution in [3.63, 3.8) is 0 Å². The molecule has 0 heterocycles. The number of carbonyl (C=O) groups excluding carboxylic acids is 2. The maximum absolute atomic E-state index is 12.3. The first-order chi connectivity index (χ1) is 12.5. The van der Waals surface area contributed by atoms with Crippen LogP contribution in [0, 0.1) is 11.8 Å². The number of esters is 1. The minimum Gasteiger partial charge on any atom is -0.452 e. The number of benzene rings is 2. The summed E-state index contributed by atoms with van der Waals surface area (Å²) in [6.45, 7) is 4.09. The molecule has 138 valence electrons. The Hall–Kier alpha value is -2.56. The molecular formula is C21H26N2O3. The van der Waals surface area contributed by atoms with Crippen LogP contribution in [-0.4, -0.2) is 24.5 Å². The van der Waals surface area contributed by atoms with Gasteiger partial charge in [-0.1, -0.05) is 51.0 Å². The minimum atomic E-state index is -0.575. The van der Waals surface area contributed by atoms with Crippen LogP contribution in [0.3, 0.4) is 0 Å². The number of nitrogens with one attached hydrogen (secondary N) is 1. The molecule has 0 aliphatic heterocycles. The standard InChI is InChI=1S/C21H26N2O3/c1-13-6-5-9-19(14(13)2)23-20(24)12-26-21(25)17-10-15-7-3-4-8-16(15)11-18(17)22/h3-4,7-8,10-11,13-14,19H,5-6,9,12,22H2,1-2H3,(H,23,24). The van der Waals surface area contributed by atoms with Crippen LogP contribution in [0.2, 0.25) is 0 Å². The van der Waals surface area contributed by atoms with Crippen LogP contribution < -0.4 is 11.1 Å². The van der Waals surface area contributed by atoms with Crippen molar-refractivity contribution < 1.29 is 14.3 Å². The predicted molar refractivity (Wildman–Crippen MR) is 103 cm³/mol. The number of nitrogens with two attached hydrogens (primary N) is 1. The zero-order valence-electron chi connectivity index (χ0n) is 15.3. The summed E-state index contributed by atoms with van der Waals surface area (Å²) in [7, 11) is 0. The average molecular weight is 354 g/mol. The second kappa shape index (κ2) is 7.77. The van der Waals surface area contributed by atoms with E-state index in [9.17, 15) is 9.59 Å². The number of amides is 1. The van der Waals surface area contributed by atoms with Gasteiger partial charge in [0.1, 0.15) is 0 Å². The molecule has 1 aliphatic carbocycles. The molecule has 0 bridgehead atoms. The molecule has 3 N–H and O–H groups in total. The lowest BCUT2D eigenvalue weighted by Crippen LogP contribution is -2.45. The van der Waals surface area contributed by atoms with Crippen LogP contribution in [0.25, 0.3) is 10.8 Å². The second-order valence-corrected chi connectivity index (χ2v) is 7.30. The smallest absolute Gasteiger partial charge is 0.340 e. The average Bonchev–Trinajstić information content (AvgIpc) is 2.63. The van der Waals surface area contributed by atoms with Gasteiger partial charge in [0.25, 0.3) is 5.91 Å². The fourth-order valence-electron chi connectivity index (χ4n) is 3.68. The summed E-state index contributed by atoms with van der Waals surface area (Å²) in [5, 5.41) is 4.87. The predicted octanol–water partition coefficient (Wildman–Crippen LogP) is 3.52. The van der Waals surface area contributed by atoms with Crippen molar-refractivity contribution in [3.05, 3.63) is 42.0 Å². The van der Waals surface area contributed by atoms with E-state index in [0.29, 0.717) is 17.5 Å². The van der Waals surface area contributed by atoms with Crippen LogP contribution >= 0.6 is 0 Å². The molecule has 2 aromatic rings. The first-order valence-corrected chi connectivity index (χ1v) is 9.20. The maximum Gasteiger partial charge on any atom is 0.340 e. The van der Waals surface area contributed by atoms with E-state index < -0.39 is 5.97 Å². The zero-order chi connectivity index (χ0) is 18.7. The number of fused-ring (bicyclic) bond motifs is 1. The molecule has 1 fully saturated rings. The van der Waals surface area contributed by atoms with E-state index >= 15 is 0 Å². The van der Waals surface area contributed by atoms with Crippen molar-refractivity contribution >= 4 is 28.3 Å². The van der Waals surface area contributed by atoms with E-state index in [1.807, 2.05) is 24.3 Å². The molecule has 0 saturated heterocycles. The third-order valence-corrected chi connectivity index (χ3v) is 5.53. The van der Waals surface area contributed by atoms with Gasteiger partial charge < -0.3 is 15.8 Å². The van der Waals surface area contributed by atoms with Crippen LogP contribution in [0.15, 0.2) is 36.4 Å². The van der Waals surface area contributed by atoms with Crippen LogP contribution in [0.1, 0.15) is 43.5 Å². The SMILES string of the molecule is CC1CCCC(NC(=O)COC(=O)c2cc3ccccc3cc2N)C1C. The van der Waals surface area contributed by atoms with Gasteiger partial charge in [-0.15, -0.1) is 0 Å². The molecule has 1 amide bonds. The Labute approximate surface area is 153 Å². The van der Waals surface area contributed by atoms with E-state index in [1.54, 1.807) is 12.1 Å². The van der Waals surface area contributed by atoms with Crippen LogP contribution in [0.5, 0.6) is 0 Å². The van der Waals surface area contributed by atoms with Gasteiger partial charge >= 0.3 is 5.97 Å². The van der Waals surface area contributed by atoms with Crippen LogP contribution in [-0.2, 0) is 9.53 Å². The monoisotopic (exact) mass is 354 g/mol. The Kier molecular flexibility index (Phi) is 5.45. The van der Waals surface area contributed by atoms with Crippen molar-refractivity contribution in [3.8, 4) is 0 Å². The number of hydrogen-bond donors (Lipinski definition) is 2. The van der Waals surface area contributed by atoms with Gasteiger partial charge in [-0.3, -0.25) is 4.79 Å². The molecule has 5 heteroatoms. The Morgan fingerprint density at radius 1 is 1.15 bits per heavy atom. The summed E-state index contributed by atoms with van der Waals surface area (Å²) in [5.74, 6) is 0.186. The number of ether oxygens (including phenoxy) is 1. The third-order valence-electron chi connectivity index (χ3n) is 5.53. The summed E-state index contributed by atoms with van der Waals surface area (Å²) in [6, 6.07) is 11.2. The fourth-order valence-corrected chi connectivity index (χ4v) is 3.68. The first-order valence-electron chi connectivity index (χ1n) is 9.20. The van der Waals surface area contributed by atoms with Gasteiger partial charge in [0.15, 0.2) is 6.61 Å². The Morgan fingerprint density at radius 2 is 1.85 bits per heavy atom. The van der Waals surface area contributed by atoms with Crippen molar-refractivity contribution in [1.29, 1.82) is 0 Å². The lowest BCUT2D eigenvalue weighted by Gasteiger charge is -2.34. The maximum atomic E-state index is 12.3. The molecular weight excluding hydrogens is 328 g/mol.